The molecule has 0 bridgehead atoms. The number of ether oxygens (including phenoxy) is 1. The summed E-state index contributed by atoms with van der Waals surface area (Å²) >= 11 is 0. The number of likely N-dealkylation sites (tertiary alicyclic amines) is 1. The van der Waals surface area contributed by atoms with E-state index in [9.17, 15) is 9.59 Å². The van der Waals surface area contributed by atoms with Gasteiger partial charge in [0.1, 0.15) is 0 Å². The topological polar surface area (TPSA) is 84.7 Å². The minimum Gasteiger partial charge on any atom is -0.450 e. The SMILES string of the molecule is CCOC(=O)N1CCC(NC(=O)c2cccc(CN)c2)CC1. The molecule has 22 heavy (non-hydrogen) atoms. The van der Waals surface area contributed by atoms with E-state index in [1.54, 1.807) is 17.9 Å². The highest BCUT2D eigenvalue weighted by atomic mass is 16.6. The van der Waals surface area contributed by atoms with Crippen molar-refractivity contribution in [1.29, 1.82) is 0 Å². The first-order valence-corrected chi connectivity index (χ1v) is 7.65. The molecule has 6 nitrogen and oxygen atoms in total. The fraction of sp³-hybridized carbons (Fsp3) is 0.500. The van der Waals surface area contributed by atoms with Crippen LogP contribution in [0.2, 0.25) is 0 Å². The summed E-state index contributed by atoms with van der Waals surface area (Å²) in [6, 6.07) is 7.40. The number of carbonyl (C=O) groups excluding carboxylic acids is 2. The molecular weight excluding hydrogens is 282 g/mol. The molecule has 0 saturated carbocycles. The highest BCUT2D eigenvalue weighted by molar-refractivity contribution is 5.94. The molecule has 0 aliphatic carbocycles. The van der Waals surface area contributed by atoms with Gasteiger partial charge in [-0.1, -0.05) is 12.1 Å². The zero-order valence-electron chi connectivity index (χ0n) is 12.9. The Morgan fingerprint density at radius 2 is 2.09 bits per heavy atom. The van der Waals surface area contributed by atoms with E-state index in [0.717, 1.165) is 18.4 Å². The Bertz CT molecular complexity index is 525. The van der Waals surface area contributed by atoms with Gasteiger partial charge < -0.3 is 20.7 Å². The molecule has 3 N–H and O–H groups in total. The smallest absolute Gasteiger partial charge is 0.409 e. The Morgan fingerprint density at radius 3 is 2.73 bits per heavy atom. The average Bonchev–Trinajstić information content (AvgIpc) is 2.55. The van der Waals surface area contributed by atoms with Gasteiger partial charge in [-0.15, -0.1) is 0 Å². The first-order valence-electron chi connectivity index (χ1n) is 7.65. The van der Waals surface area contributed by atoms with Crippen LogP contribution in [0.4, 0.5) is 4.79 Å². The van der Waals surface area contributed by atoms with Crippen LogP contribution in [-0.4, -0.2) is 42.6 Å². The van der Waals surface area contributed by atoms with E-state index < -0.39 is 0 Å². The molecule has 0 atom stereocenters. The summed E-state index contributed by atoms with van der Waals surface area (Å²) in [6.07, 6.45) is 1.20. The lowest BCUT2D eigenvalue weighted by atomic mass is 10.0. The third kappa shape index (κ3) is 4.21. The molecule has 1 fully saturated rings. The Labute approximate surface area is 130 Å². The van der Waals surface area contributed by atoms with Gasteiger partial charge in [-0.3, -0.25) is 4.79 Å². The monoisotopic (exact) mass is 305 g/mol. The summed E-state index contributed by atoms with van der Waals surface area (Å²) in [5.74, 6) is -0.0927. The second kappa shape index (κ2) is 7.79. The molecule has 2 amide bonds. The molecule has 2 rings (SSSR count). The number of hydrogen-bond acceptors (Lipinski definition) is 4. The van der Waals surface area contributed by atoms with Crippen molar-refractivity contribution >= 4 is 12.0 Å². The van der Waals surface area contributed by atoms with Crippen LogP contribution in [0, 0.1) is 0 Å². The number of carbonyl (C=O) groups is 2. The lowest BCUT2D eigenvalue weighted by Crippen LogP contribution is -2.46. The number of piperidine rings is 1. The van der Waals surface area contributed by atoms with E-state index in [1.165, 1.54) is 0 Å². The third-order valence-corrected chi connectivity index (χ3v) is 3.78. The Hall–Kier alpha value is -2.08. The van der Waals surface area contributed by atoms with E-state index in [0.29, 0.717) is 31.8 Å². The summed E-state index contributed by atoms with van der Waals surface area (Å²) in [7, 11) is 0. The standard InChI is InChI=1S/C16H23N3O3/c1-2-22-16(21)19-8-6-14(7-9-19)18-15(20)13-5-3-4-12(10-13)11-17/h3-5,10,14H,2,6-9,11,17H2,1H3,(H,18,20). The second-order valence-corrected chi connectivity index (χ2v) is 5.34. The van der Waals surface area contributed by atoms with Crippen LogP contribution in [-0.2, 0) is 11.3 Å². The lowest BCUT2D eigenvalue weighted by molar-refractivity contribution is 0.0860. The van der Waals surface area contributed by atoms with Crippen LogP contribution in [0.5, 0.6) is 0 Å². The van der Waals surface area contributed by atoms with E-state index in [-0.39, 0.29) is 18.0 Å². The van der Waals surface area contributed by atoms with E-state index in [1.807, 2.05) is 18.2 Å². The fourth-order valence-corrected chi connectivity index (χ4v) is 2.53. The Balaban J connectivity index is 1.85. The predicted octanol–water partition coefficient (Wildman–Crippen LogP) is 1.50. The van der Waals surface area contributed by atoms with Crippen LogP contribution < -0.4 is 11.1 Å². The number of nitrogens with one attached hydrogen (secondary N) is 1. The lowest BCUT2D eigenvalue weighted by Gasteiger charge is -2.31. The molecule has 1 heterocycles. The largest absolute Gasteiger partial charge is 0.450 e. The van der Waals surface area contributed by atoms with Crippen molar-refractivity contribution in [2.75, 3.05) is 19.7 Å². The van der Waals surface area contributed by atoms with E-state index in [4.69, 9.17) is 10.5 Å². The van der Waals surface area contributed by atoms with Gasteiger partial charge in [0.2, 0.25) is 0 Å². The zero-order chi connectivity index (χ0) is 15.9. The number of rotatable bonds is 4. The molecule has 1 aromatic carbocycles. The van der Waals surface area contributed by atoms with Crippen molar-refractivity contribution in [3.8, 4) is 0 Å². The normalized spacial score (nSPS) is 15.5. The zero-order valence-corrected chi connectivity index (χ0v) is 12.9. The van der Waals surface area contributed by atoms with Crippen LogP contribution >= 0.6 is 0 Å². The molecule has 0 radical (unpaired) electrons. The minimum atomic E-state index is -0.275. The average molecular weight is 305 g/mol. The van der Waals surface area contributed by atoms with Gasteiger partial charge in [0, 0.05) is 31.2 Å². The quantitative estimate of drug-likeness (QED) is 0.883. The van der Waals surface area contributed by atoms with E-state index in [2.05, 4.69) is 5.32 Å². The highest BCUT2D eigenvalue weighted by Gasteiger charge is 2.24. The van der Waals surface area contributed by atoms with Crippen LogP contribution in [0.15, 0.2) is 24.3 Å². The molecule has 120 valence electrons. The summed E-state index contributed by atoms with van der Waals surface area (Å²) in [5, 5.41) is 3.02. The third-order valence-electron chi connectivity index (χ3n) is 3.78. The van der Waals surface area contributed by atoms with Crippen LogP contribution in [0.3, 0.4) is 0 Å². The van der Waals surface area contributed by atoms with Crippen molar-refractivity contribution < 1.29 is 14.3 Å². The number of benzene rings is 1. The number of nitrogens with zero attached hydrogens (tertiary/aromatic N) is 1. The molecule has 0 spiro atoms. The van der Waals surface area contributed by atoms with Crippen molar-refractivity contribution in [1.82, 2.24) is 10.2 Å². The van der Waals surface area contributed by atoms with Gasteiger partial charge in [-0.25, -0.2) is 4.79 Å². The van der Waals surface area contributed by atoms with Gasteiger partial charge in [-0.05, 0) is 37.5 Å². The first-order chi connectivity index (χ1) is 10.6. The molecule has 1 aliphatic rings. The van der Waals surface area contributed by atoms with Crippen molar-refractivity contribution in [3.63, 3.8) is 0 Å². The Morgan fingerprint density at radius 1 is 1.36 bits per heavy atom. The van der Waals surface area contributed by atoms with Gasteiger partial charge in [0.15, 0.2) is 0 Å². The molecule has 0 unspecified atom stereocenters. The summed E-state index contributed by atoms with van der Waals surface area (Å²) in [5.41, 5.74) is 7.15. The molecular formula is C16H23N3O3. The first kappa shape index (κ1) is 16.3. The van der Waals surface area contributed by atoms with Gasteiger partial charge >= 0.3 is 6.09 Å². The maximum Gasteiger partial charge on any atom is 0.409 e. The molecule has 1 saturated heterocycles. The highest BCUT2D eigenvalue weighted by Crippen LogP contribution is 2.13. The van der Waals surface area contributed by atoms with Crippen molar-refractivity contribution in [2.45, 2.75) is 32.4 Å². The summed E-state index contributed by atoms with van der Waals surface area (Å²) in [6.45, 7) is 3.80. The number of amides is 2. The van der Waals surface area contributed by atoms with Crippen molar-refractivity contribution in [2.24, 2.45) is 5.73 Å². The Kier molecular flexibility index (Phi) is 5.77. The molecule has 1 aliphatic heterocycles. The molecule has 0 aromatic heterocycles. The maximum absolute atomic E-state index is 12.2. The maximum atomic E-state index is 12.2. The van der Waals surface area contributed by atoms with Gasteiger partial charge in [0.25, 0.3) is 5.91 Å². The van der Waals surface area contributed by atoms with Crippen LogP contribution in [0.25, 0.3) is 0 Å². The number of nitrogens with two attached hydrogens (primary N) is 1. The van der Waals surface area contributed by atoms with Gasteiger partial charge in [0.05, 0.1) is 6.61 Å². The summed E-state index contributed by atoms with van der Waals surface area (Å²) in [4.78, 5) is 25.5. The van der Waals surface area contributed by atoms with Crippen molar-refractivity contribution in [3.05, 3.63) is 35.4 Å². The molecule has 6 heteroatoms. The fourth-order valence-electron chi connectivity index (χ4n) is 2.53. The van der Waals surface area contributed by atoms with Gasteiger partial charge in [-0.2, -0.15) is 0 Å². The van der Waals surface area contributed by atoms with Crippen LogP contribution in [0.1, 0.15) is 35.7 Å². The minimum absolute atomic E-state index is 0.0831. The number of hydrogen-bond donors (Lipinski definition) is 2. The summed E-state index contributed by atoms with van der Waals surface area (Å²) < 4.78 is 4.98. The second-order valence-electron chi connectivity index (χ2n) is 5.34. The molecule has 1 aromatic rings. The predicted molar refractivity (Wildman–Crippen MR) is 83.4 cm³/mol. The van der Waals surface area contributed by atoms with E-state index >= 15 is 0 Å².